The minimum atomic E-state index is -4.48. The molecule has 0 bridgehead atoms. The first-order valence-electron chi connectivity index (χ1n) is 8.16. The van der Waals surface area contributed by atoms with Gasteiger partial charge in [0.2, 0.25) is 0 Å². The van der Waals surface area contributed by atoms with Crippen LogP contribution in [-0.4, -0.2) is 26.6 Å². The minimum Gasteiger partial charge on any atom is -0.481 e. The Morgan fingerprint density at radius 1 is 1.19 bits per heavy atom. The van der Waals surface area contributed by atoms with E-state index in [9.17, 15) is 18.0 Å². The molecule has 2 heterocycles. The Morgan fingerprint density at radius 3 is 2.56 bits per heavy atom. The fourth-order valence-corrected chi connectivity index (χ4v) is 2.41. The van der Waals surface area contributed by atoms with E-state index in [0.29, 0.717) is 5.75 Å². The molecule has 0 aliphatic carbocycles. The fourth-order valence-electron chi connectivity index (χ4n) is 2.41. The predicted molar refractivity (Wildman–Crippen MR) is 91.1 cm³/mol. The second-order valence-corrected chi connectivity index (χ2v) is 6.05. The summed E-state index contributed by atoms with van der Waals surface area (Å²) in [6.45, 7) is 3.44. The molecule has 0 saturated carbocycles. The SMILES string of the molecule is Cc1ccc(OC(C)C(=O)NCc2nnc3ccc(C(F)(F)F)cn23)cc1. The Balaban J connectivity index is 1.66. The van der Waals surface area contributed by atoms with E-state index in [1.807, 2.05) is 19.1 Å². The summed E-state index contributed by atoms with van der Waals surface area (Å²) >= 11 is 0. The molecule has 0 fully saturated rings. The molecule has 1 unspecified atom stereocenters. The normalized spacial score (nSPS) is 12.8. The number of aryl methyl sites for hydroxylation is 1. The third kappa shape index (κ3) is 4.36. The van der Waals surface area contributed by atoms with Gasteiger partial charge in [-0.25, -0.2) is 0 Å². The zero-order valence-electron chi connectivity index (χ0n) is 14.6. The van der Waals surface area contributed by atoms with Crippen LogP contribution in [0.25, 0.3) is 5.65 Å². The van der Waals surface area contributed by atoms with E-state index in [0.717, 1.165) is 17.8 Å². The molecule has 3 rings (SSSR count). The lowest BCUT2D eigenvalue weighted by molar-refractivity contribution is -0.138. The van der Waals surface area contributed by atoms with E-state index in [4.69, 9.17) is 4.74 Å². The number of halogens is 3. The maximum atomic E-state index is 12.9. The molecular formula is C18H17F3N4O2. The molecule has 0 aliphatic rings. The van der Waals surface area contributed by atoms with E-state index < -0.39 is 23.8 Å². The van der Waals surface area contributed by atoms with E-state index in [2.05, 4.69) is 15.5 Å². The fraction of sp³-hybridized carbons (Fsp3) is 0.278. The topological polar surface area (TPSA) is 68.5 Å². The molecule has 142 valence electrons. The standard InChI is InChI=1S/C18H17F3N4O2/c1-11-3-6-14(7-4-11)27-12(2)17(26)22-9-16-24-23-15-8-5-13(10-25(15)16)18(19,20)21/h3-8,10,12H,9H2,1-2H3,(H,22,26). The third-order valence-electron chi connectivity index (χ3n) is 3.92. The van der Waals surface area contributed by atoms with Crippen LogP contribution in [0.5, 0.6) is 5.75 Å². The number of alkyl halides is 3. The number of hydrogen-bond acceptors (Lipinski definition) is 4. The smallest absolute Gasteiger partial charge is 0.417 e. The predicted octanol–water partition coefficient (Wildman–Crippen LogP) is 3.14. The maximum absolute atomic E-state index is 12.9. The number of fused-ring (bicyclic) bond motifs is 1. The van der Waals surface area contributed by atoms with Crippen molar-refractivity contribution in [3.63, 3.8) is 0 Å². The lowest BCUT2D eigenvalue weighted by Gasteiger charge is -2.14. The number of nitrogens with zero attached hydrogens (tertiary/aromatic N) is 3. The highest BCUT2D eigenvalue weighted by Crippen LogP contribution is 2.29. The van der Waals surface area contributed by atoms with Gasteiger partial charge >= 0.3 is 6.18 Å². The number of nitrogens with one attached hydrogen (secondary N) is 1. The van der Waals surface area contributed by atoms with Crippen molar-refractivity contribution in [1.29, 1.82) is 0 Å². The second-order valence-electron chi connectivity index (χ2n) is 6.05. The average Bonchev–Trinajstić information content (AvgIpc) is 3.03. The van der Waals surface area contributed by atoms with E-state index in [-0.39, 0.29) is 18.0 Å². The number of benzene rings is 1. The Bertz CT molecular complexity index is 951. The summed E-state index contributed by atoms with van der Waals surface area (Å²) in [6.07, 6.45) is -4.35. The van der Waals surface area contributed by atoms with Crippen LogP contribution in [0.4, 0.5) is 13.2 Å². The molecule has 27 heavy (non-hydrogen) atoms. The number of pyridine rings is 1. The van der Waals surface area contributed by atoms with E-state index >= 15 is 0 Å². The molecule has 9 heteroatoms. The van der Waals surface area contributed by atoms with E-state index in [1.165, 1.54) is 10.5 Å². The molecular weight excluding hydrogens is 361 g/mol. The number of carbonyl (C=O) groups excluding carboxylic acids is 1. The van der Waals surface area contributed by atoms with Crippen LogP contribution in [-0.2, 0) is 17.5 Å². The quantitative estimate of drug-likeness (QED) is 0.741. The molecule has 1 aromatic carbocycles. The lowest BCUT2D eigenvalue weighted by atomic mass is 10.2. The number of carbonyl (C=O) groups is 1. The minimum absolute atomic E-state index is 0.0804. The molecule has 2 aromatic heterocycles. The van der Waals surface area contributed by atoms with Crippen LogP contribution in [0, 0.1) is 6.92 Å². The second kappa shape index (κ2) is 7.26. The van der Waals surface area contributed by atoms with Gasteiger partial charge in [0.15, 0.2) is 17.6 Å². The van der Waals surface area contributed by atoms with Gasteiger partial charge in [0.05, 0.1) is 12.1 Å². The van der Waals surface area contributed by atoms with Crippen LogP contribution in [0.3, 0.4) is 0 Å². The molecule has 1 amide bonds. The van der Waals surface area contributed by atoms with Crippen LogP contribution < -0.4 is 10.1 Å². The van der Waals surface area contributed by atoms with Gasteiger partial charge in [-0.1, -0.05) is 17.7 Å². The highest BCUT2D eigenvalue weighted by molar-refractivity contribution is 5.80. The van der Waals surface area contributed by atoms with Crippen molar-refractivity contribution in [3.05, 3.63) is 59.5 Å². The van der Waals surface area contributed by atoms with Gasteiger partial charge in [-0.2, -0.15) is 13.2 Å². The molecule has 0 spiro atoms. The molecule has 1 atom stereocenters. The van der Waals surface area contributed by atoms with Crippen LogP contribution >= 0.6 is 0 Å². The summed E-state index contributed by atoms with van der Waals surface area (Å²) in [7, 11) is 0. The van der Waals surface area contributed by atoms with Gasteiger partial charge in [0.25, 0.3) is 5.91 Å². The van der Waals surface area contributed by atoms with Crippen molar-refractivity contribution in [2.45, 2.75) is 32.7 Å². The summed E-state index contributed by atoms with van der Waals surface area (Å²) < 4.78 is 45.3. The lowest BCUT2D eigenvalue weighted by Crippen LogP contribution is -2.36. The Kier molecular flexibility index (Phi) is 5.02. The number of ether oxygens (including phenoxy) is 1. The zero-order valence-corrected chi connectivity index (χ0v) is 14.6. The van der Waals surface area contributed by atoms with E-state index in [1.54, 1.807) is 19.1 Å². The molecule has 0 radical (unpaired) electrons. The number of aromatic nitrogens is 3. The average molecular weight is 378 g/mol. The third-order valence-corrected chi connectivity index (χ3v) is 3.92. The molecule has 0 aliphatic heterocycles. The van der Waals surface area contributed by atoms with Crippen molar-refractivity contribution in [1.82, 2.24) is 19.9 Å². The van der Waals surface area contributed by atoms with Crippen LogP contribution in [0.1, 0.15) is 23.9 Å². The zero-order chi connectivity index (χ0) is 19.6. The monoisotopic (exact) mass is 378 g/mol. The molecule has 3 aromatic rings. The highest BCUT2D eigenvalue weighted by atomic mass is 19.4. The van der Waals surface area contributed by atoms with Gasteiger partial charge in [0, 0.05) is 6.20 Å². The van der Waals surface area contributed by atoms with Crippen molar-refractivity contribution >= 4 is 11.6 Å². The number of amides is 1. The van der Waals surface area contributed by atoms with Gasteiger partial charge in [-0.05, 0) is 38.1 Å². The molecule has 0 saturated heterocycles. The van der Waals surface area contributed by atoms with Gasteiger partial charge in [0.1, 0.15) is 5.75 Å². The first-order chi connectivity index (χ1) is 12.7. The highest BCUT2D eigenvalue weighted by Gasteiger charge is 2.31. The first kappa shape index (κ1) is 18.7. The van der Waals surface area contributed by atoms with Gasteiger partial charge in [-0.3, -0.25) is 9.20 Å². The Hall–Kier alpha value is -3.10. The maximum Gasteiger partial charge on any atom is 0.417 e. The Morgan fingerprint density at radius 2 is 1.89 bits per heavy atom. The summed E-state index contributed by atoms with van der Waals surface area (Å²) in [5, 5.41) is 10.2. The number of rotatable bonds is 5. The summed E-state index contributed by atoms with van der Waals surface area (Å²) in [5.41, 5.74) is 0.506. The Labute approximate surface area is 153 Å². The van der Waals surface area contributed by atoms with Gasteiger partial charge in [-0.15, -0.1) is 10.2 Å². The van der Waals surface area contributed by atoms with Crippen molar-refractivity contribution in [3.8, 4) is 5.75 Å². The van der Waals surface area contributed by atoms with Crippen molar-refractivity contribution in [2.24, 2.45) is 0 Å². The summed E-state index contributed by atoms with van der Waals surface area (Å²) in [6, 6.07) is 9.39. The summed E-state index contributed by atoms with van der Waals surface area (Å²) in [5.74, 6) is 0.317. The molecule has 1 N–H and O–H groups in total. The van der Waals surface area contributed by atoms with Crippen LogP contribution in [0.15, 0.2) is 42.6 Å². The number of hydrogen-bond donors (Lipinski definition) is 1. The van der Waals surface area contributed by atoms with Crippen LogP contribution in [0.2, 0.25) is 0 Å². The summed E-state index contributed by atoms with van der Waals surface area (Å²) in [4.78, 5) is 12.2. The molecule has 6 nitrogen and oxygen atoms in total. The van der Waals surface area contributed by atoms with Gasteiger partial charge < -0.3 is 10.1 Å². The van der Waals surface area contributed by atoms with Crippen molar-refractivity contribution in [2.75, 3.05) is 0 Å². The largest absolute Gasteiger partial charge is 0.481 e. The van der Waals surface area contributed by atoms with Crippen molar-refractivity contribution < 1.29 is 22.7 Å². The first-order valence-corrected chi connectivity index (χ1v) is 8.16.